The van der Waals surface area contributed by atoms with Gasteiger partial charge in [-0.1, -0.05) is 52.7 Å². The van der Waals surface area contributed by atoms with Gasteiger partial charge in [-0.3, -0.25) is 18.4 Å². The van der Waals surface area contributed by atoms with Crippen molar-refractivity contribution in [3.05, 3.63) is 150 Å². The summed E-state index contributed by atoms with van der Waals surface area (Å²) in [6, 6.07) is 18.6. The first-order valence-electron chi connectivity index (χ1n) is 16.5. The van der Waals surface area contributed by atoms with Crippen LogP contribution in [0.4, 0.5) is 0 Å². The van der Waals surface area contributed by atoms with Crippen LogP contribution in [0.1, 0.15) is 78.0 Å². The van der Waals surface area contributed by atoms with Crippen molar-refractivity contribution < 1.29 is 0 Å². The highest BCUT2D eigenvalue weighted by Crippen LogP contribution is 2.19. The Kier molecular flexibility index (Phi) is 11.0. The molecule has 0 spiro atoms. The molecule has 0 bridgehead atoms. The minimum absolute atomic E-state index is 0.0705. The molecular weight excluding hydrogens is 676 g/mol. The van der Waals surface area contributed by atoms with Crippen LogP contribution in [-0.4, -0.2) is 28.7 Å². The molecule has 6 heterocycles. The number of rotatable bonds is 0. The van der Waals surface area contributed by atoms with Crippen LogP contribution in [0.15, 0.2) is 99.5 Å². The predicted molar refractivity (Wildman–Crippen MR) is 196 cm³/mol. The van der Waals surface area contributed by atoms with Crippen LogP contribution in [0, 0.1) is 24.2 Å². The second-order valence-corrected chi connectivity index (χ2v) is 12.8. The minimum atomic E-state index is 0.0705. The Bertz CT molecular complexity index is 2320. The predicted octanol–water partition coefficient (Wildman–Crippen LogP) is 6.55. The lowest BCUT2D eigenvalue weighted by molar-refractivity contribution is 0.708. The van der Waals surface area contributed by atoms with Crippen molar-refractivity contribution in [3.8, 4) is 24.2 Å². The van der Waals surface area contributed by atoms with Gasteiger partial charge in [0.05, 0.1) is 11.4 Å². The standard InChI is InChI=1S/C20H17N3O.C13H13BrN2O.C7H5N/c24-20-17-7-2-1-3-8-18(17)22-19-14-15(11-13-23(19)20)9-10-16-6-4-5-12-21-16;14-9-6-7-16-12(8-9)15-11-5-3-1-2-4-10(11)13(16)17;1-2-7-5-3-4-6-8-7/h4-6,11-14H,1-3,7-8H2;6-8H,1-5H2;1,3-6H. The first-order valence-corrected chi connectivity index (χ1v) is 17.3. The van der Waals surface area contributed by atoms with Gasteiger partial charge in [0, 0.05) is 46.0 Å². The van der Waals surface area contributed by atoms with Crippen LogP contribution in [0.2, 0.25) is 0 Å². The number of aryl methyl sites for hydroxylation is 2. The van der Waals surface area contributed by atoms with E-state index in [9.17, 15) is 9.59 Å². The molecule has 0 unspecified atom stereocenters. The normalized spacial score (nSPS) is 13.4. The summed E-state index contributed by atoms with van der Waals surface area (Å²) < 4.78 is 4.24. The zero-order valence-corrected chi connectivity index (χ0v) is 28.7. The lowest BCUT2D eigenvalue weighted by atomic mass is 10.1. The smallest absolute Gasteiger partial charge is 0.261 e. The summed E-state index contributed by atoms with van der Waals surface area (Å²) in [4.78, 5) is 42.5. The van der Waals surface area contributed by atoms with E-state index < -0.39 is 0 Å². The highest BCUT2D eigenvalue weighted by Gasteiger charge is 2.16. The molecule has 0 saturated heterocycles. The van der Waals surface area contributed by atoms with Crippen molar-refractivity contribution >= 4 is 27.2 Å². The number of pyridine rings is 4. The summed E-state index contributed by atoms with van der Waals surface area (Å²) in [6.07, 6.45) is 22.3. The van der Waals surface area contributed by atoms with E-state index >= 15 is 0 Å². The van der Waals surface area contributed by atoms with Crippen molar-refractivity contribution in [1.82, 2.24) is 28.7 Å². The van der Waals surface area contributed by atoms with Gasteiger partial charge in [0.1, 0.15) is 22.7 Å². The zero-order valence-electron chi connectivity index (χ0n) is 27.1. The molecule has 0 amide bonds. The number of halogens is 1. The van der Waals surface area contributed by atoms with Gasteiger partial charge in [-0.05, 0) is 106 Å². The Hall–Kier alpha value is -5.38. The Labute approximate surface area is 293 Å². The fourth-order valence-electron chi connectivity index (χ4n) is 5.97. The van der Waals surface area contributed by atoms with Gasteiger partial charge in [0.25, 0.3) is 11.1 Å². The van der Waals surface area contributed by atoms with Crippen LogP contribution in [0.5, 0.6) is 0 Å². The number of fused-ring (bicyclic) bond motifs is 4. The lowest BCUT2D eigenvalue weighted by Crippen LogP contribution is -2.22. The van der Waals surface area contributed by atoms with E-state index in [1.165, 1.54) is 6.42 Å². The molecule has 8 nitrogen and oxygen atoms in total. The molecule has 0 aliphatic heterocycles. The molecule has 6 aromatic rings. The van der Waals surface area contributed by atoms with Crippen molar-refractivity contribution in [1.29, 1.82) is 0 Å². The Morgan fingerprint density at radius 2 is 1.18 bits per heavy atom. The zero-order chi connectivity index (χ0) is 34.0. The van der Waals surface area contributed by atoms with E-state index in [0.29, 0.717) is 11.3 Å². The van der Waals surface area contributed by atoms with Gasteiger partial charge in [0.2, 0.25) is 0 Å². The van der Waals surface area contributed by atoms with Gasteiger partial charge in [-0.25, -0.2) is 19.9 Å². The summed E-state index contributed by atoms with van der Waals surface area (Å²) in [7, 11) is 0. The van der Waals surface area contributed by atoms with E-state index in [1.807, 2.05) is 54.6 Å². The largest absolute Gasteiger partial charge is 0.269 e. The van der Waals surface area contributed by atoms with E-state index in [4.69, 9.17) is 11.4 Å². The Morgan fingerprint density at radius 1 is 0.633 bits per heavy atom. The second-order valence-electron chi connectivity index (χ2n) is 11.8. The van der Waals surface area contributed by atoms with E-state index in [0.717, 1.165) is 102 Å². The van der Waals surface area contributed by atoms with Gasteiger partial charge < -0.3 is 0 Å². The van der Waals surface area contributed by atoms with Crippen molar-refractivity contribution in [2.24, 2.45) is 0 Å². The topological polar surface area (TPSA) is 94.5 Å². The summed E-state index contributed by atoms with van der Waals surface area (Å²) >= 11 is 3.41. The highest BCUT2D eigenvalue weighted by molar-refractivity contribution is 9.10. The number of nitrogens with zero attached hydrogens (tertiary/aromatic N) is 6. The fourth-order valence-corrected chi connectivity index (χ4v) is 6.30. The van der Waals surface area contributed by atoms with Crippen LogP contribution in [0.25, 0.3) is 11.3 Å². The molecular formula is C40H35BrN6O2. The molecule has 2 aliphatic rings. The molecule has 49 heavy (non-hydrogen) atoms. The monoisotopic (exact) mass is 710 g/mol. The molecule has 2 aliphatic carbocycles. The van der Waals surface area contributed by atoms with E-state index in [1.54, 1.807) is 39.7 Å². The van der Waals surface area contributed by atoms with E-state index in [2.05, 4.69) is 48.6 Å². The Balaban J connectivity index is 0.000000144. The molecule has 244 valence electrons. The maximum atomic E-state index is 12.7. The number of hydrogen-bond acceptors (Lipinski definition) is 6. The molecule has 0 saturated carbocycles. The molecule has 6 aromatic heterocycles. The first kappa shape index (κ1) is 33.5. The summed E-state index contributed by atoms with van der Waals surface area (Å²) in [5, 5.41) is 0. The molecule has 0 radical (unpaired) electrons. The lowest BCUT2D eigenvalue weighted by Gasteiger charge is -2.08. The molecule has 0 atom stereocenters. The fraction of sp³-hybridized carbons (Fsp3) is 0.250. The second kappa shape index (κ2) is 16.1. The molecule has 0 fully saturated rings. The highest BCUT2D eigenvalue weighted by atomic mass is 79.9. The van der Waals surface area contributed by atoms with Crippen LogP contribution >= 0.6 is 15.9 Å². The quantitative estimate of drug-likeness (QED) is 0.131. The van der Waals surface area contributed by atoms with Gasteiger partial charge >= 0.3 is 0 Å². The first-order chi connectivity index (χ1) is 24.0. The van der Waals surface area contributed by atoms with Crippen LogP contribution in [0.3, 0.4) is 0 Å². The molecule has 9 heteroatoms. The van der Waals surface area contributed by atoms with Gasteiger partial charge in [-0.15, -0.1) is 6.42 Å². The Morgan fingerprint density at radius 3 is 1.73 bits per heavy atom. The summed E-state index contributed by atoms with van der Waals surface area (Å²) in [5.74, 6) is 8.55. The third-order valence-electron chi connectivity index (χ3n) is 8.47. The third-order valence-corrected chi connectivity index (χ3v) is 8.97. The average Bonchev–Trinajstić information content (AvgIpc) is 3.53. The van der Waals surface area contributed by atoms with Crippen LogP contribution in [-0.2, 0) is 25.7 Å². The number of hydrogen-bond donors (Lipinski definition) is 0. The maximum absolute atomic E-state index is 12.7. The number of aromatic nitrogens is 6. The minimum Gasteiger partial charge on any atom is -0.269 e. The molecule has 8 rings (SSSR count). The van der Waals surface area contributed by atoms with Gasteiger partial charge in [0.15, 0.2) is 0 Å². The van der Waals surface area contributed by atoms with Crippen LogP contribution < -0.4 is 11.1 Å². The van der Waals surface area contributed by atoms with Crippen molar-refractivity contribution in [2.45, 2.75) is 64.2 Å². The van der Waals surface area contributed by atoms with Crippen molar-refractivity contribution in [2.75, 3.05) is 0 Å². The molecule has 0 aromatic carbocycles. The average molecular weight is 712 g/mol. The summed E-state index contributed by atoms with van der Waals surface area (Å²) in [6.45, 7) is 0. The number of terminal acetylenes is 1. The van der Waals surface area contributed by atoms with E-state index in [-0.39, 0.29) is 11.1 Å². The van der Waals surface area contributed by atoms with Gasteiger partial charge in [-0.2, -0.15) is 0 Å². The molecule has 0 N–H and O–H groups in total. The third kappa shape index (κ3) is 8.38. The maximum Gasteiger partial charge on any atom is 0.261 e. The SMILES string of the molecule is C#Cc1ccccn1.O=c1c2c(nc3cc(Br)ccn13)CCCCC2.O=c1c2c(nc3cc(C#Cc4ccccn4)ccn13)CCCCC2. The van der Waals surface area contributed by atoms with Crippen molar-refractivity contribution in [3.63, 3.8) is 0 Å². The summed E-state index contributed by atoms with van der Waals surface area (Å²) in [5.41, 5.74) is 7.62.